The summed E-state index contributed by atoms with van der Waals surface area (Å²) in [7, 11) is 0. The summed E-state index contributed by atoms with van der Waals surface area (Å²) in [5.41, 5.74) is 4.60. The number of hydrogen-bond donors (Lipinski definition) is 1. The fourth-order valence-corrected chi connectivity index (χ4v) is 1.83. The van der Waals surface area contributed by atoms with Crippen LogP contribution in [0.5, 0.6) is 0 Å². The Morgan fingerprint density at radius 3 is 1.19 bits per heavy atom. The van der Waals surface area contributed by atoms with Crippen molar-refractivity contribution >= 4 is 0 Å². The van der Waals surface area contributed by atoms with E-state index in [-0.39, 0.29) is 6.10 Å². The van der Waals surface area contributed by atoms with Gasteiger partial charge in [-0.05, 0) is 25.0 Å². The molecule has 0 radical (unpaired) electrons. The molecule has 0 atom stereocenters. The number of rotatable bonds is 3. The summed E-state index contributed by atoms with van der Waals surface area (Å²) in [6.45, 7) is 12.1. The molecule has 0 aromatic heterocycles. The number of benzene rings is 2. The maximum absolute atomic E-state index is 5.41. The maximum Gasteiger partial charge on any atom is 0.129 e. The Morgan fingerprint density at radius 2 is 0.952 bits per heavy atom. The van der Waals surface area contributed by atoms with Gasteiger partial charge in [-0.1, -0.05) is 87.4 Å². The summed E-state index contributed by atoms with van der Waals surface area (Å²) in [6.07, 6.45) is -0.198. The topological polar surface area (TPSA) is 35.2 Å². The fraction of sp³-hybridized carbons (Fsp3) is 0.368. The minimum Gasteiger partial charge on any atom is -0.292 e. The average molecular weight is 287 g/mol. The van der Waals surface area contributed by atoms with Crippen LogP contribution in [0.1, 0.15) is 56.1 Å². The van der Waals surface area contributed by atoms with Crippen molar-refractivity contribution in [3.63, 3.8) is 0 Å². The predicted octanol–water partition coefficient (Wildman–Crippen LogP) is 5.34. The molecule has 2 N–H and O–H groups in total. The van der Waals surface area contributed by atoms with Crippen molar-refractivity contribution in [2.45, 2.75) is 47.6 Å². The molecule has 116 valence electrons. The Balaban J connectivity index is 0.000000921. The molecule has 0 spiro atoms. The van der Waals surface area contributed by atoms with Crippen LogP contribution in [0, 0.1) is 13.8 Å². The van der Waals surface area contributed by atoms with Crippen LogP contribution in [0.25, 0.3) is 0 Å². The van der Waals surface area contributed by atoms with Gasteiger partial charge in [0.2, 0.25) is 0 Å². The van der Waals surface area contributed by atoms with Crippen LogP contribution in [-0.2, 0) is 4.84 Å². The van der Waals surface area contributed by atoms with Crippen molar-refractivity contribution in [2.75, 3.05) is 0 Å². The second kappa shape index (κ2) is 11.1. The van der Waals surface area contributed by atoms with Crippen LogP contribution >= 0.6 is 0 Å². The third-order valence-corrected chi connectivity index (χ3v) is 2.90. The Bertz CT molecular complexity index is 428. The van der Waals surface area contributed by atoms with E-state index in [2.05, 4.69) is 38.1 Å². The standard InChI is InChI=1S/C15H17NO.2C2H6/c1-11-3-7-13(8-4-11)15(17-16)14-9-5-12(2)6-10-14;2*1-2/h3-10,15H,16H2,1-2H3;2*1-2H3. The zero-order valence-corrected chi connectivity index (χ0v) is 14.2. The Hall–Kier alpha value is -1.64. The number of aryl methyl sites for hydroxylation is 2. The highest BCUT2D eigenvalue weighted by Gasteiger charge is 2.13. The van der Waals surface area contributed by atoms with E-state index in [0.29, 0.717) is 0 Å². The fourth-order valence-electron chi connectivity index (χ4n) is 1.83. The molecule has 0 aliphatic rings. The SMILES string of the molecule is CC.CC.Cc1ccc(C(ON)c2ccc(C)cc2)cc1. The molecular formula is C19H29NO. The van der Waals surface area contributed by atoms with Crippen molar-refractivity contribution < 1.29 is 4.84 Å². The quantitative estimate of drug-likeness (QED) is 0.774. The minimum absolute atomic E-state index is 0.198. The third kappa shape index (κ3) is 6.11. The molecule has 0 unspecified atom stereocenters. The van der Waals surface area contributed by atoms with E-state index in [1.165, 1.54) is 11.1 Å². The zero-order valence-electron chi connectivity index (χ0n) is 14.2. The van der Waals surface area contributed by atoms with Gasteiger partial charge < -0.3 is 0 Å². The van der Waals surface area contributed by atoms with Gasteiger partial charge in [0.25, 0.3) is 0 Å². The van der Waals surface area contributed by atoms with Gasteiger partial charge in [0.05, 0.1) is 0 Å². The van der Waals surface area contributed by atoms with Crippen LogP contribution in [0.4, 0.5) is 0 Å². The van der Waals surface area contributed by atoms with E-state index in [4.69, 9.17) is 10.7 Å². The minimum atomic E-state index is -0.198. The first kappa shape index (κ1) is 19.4. The lowest BCUT2D eigenvalue weighted by Gasteiger charge is -2.15. The van der Waals surface area contributed by atoms with Gasteiger partial charge in [0.15, 0.2) is 0 Å². The van der Waals surface area contributed by atoms with Crippen molar-refractivity contribution in [3.05, 3.63) is 70.8 Å². The molecule has 2 rings (SSSR count). The van der Waals surface area contributed by atoms with E-state index in [0.717, 1.165) is 11.1 Å². The van der Waals surface area contributed by atoms with Gasteiger partial charge in [0.1, 0.15) is 6.10 Å². The molecule has 0 amide bonds. The predicted molar refractivity (Wildman–Crippen MR) is 92.2 cm³/mol. The van der Waals surface area contributed by atoms with Crippen LogP contribution in [-0.4, -0.2) is 0 Å². The smallest absolute Gasteiger partial charge is 0.129 e. The molecule has 0 saturated carbocycles. The maximum atomic E-state index is 5.41. The molecule has 0 aliphatic carbocycles. The molecular weight excluding hydrogens is 258 g/mol. The molecule has 2 heteroatoms. The lowest BCUT2D eigenvalue weighted by atomic mass is 10.00. The van der Waals surface area contributed by atoms with Gasteiger partial charge in [-0.25, -0.2) is 5.90 Å². The largest absolute Gasteiger partial charge is 0.292 e. The van der Waals surface area contributed by atoms with E-state index >= 15 is 0 Å². The molecule has 2 nitrogen and oxygen atoms in total. The van der Waals surface area contributed by atoms with Crippen molar-refractivity contribution in [2.24, 2.45) is 5.90 Å². The first-order valence-electron chi connectivity index (χ1n) is 7.69. The summed E-state index contributed by atoms with van der Waals surface area (Å²) >= 11 is 0. The highest BCUT2D eigenvalue weighted by atomic mass is 16.6. The number of nitrogens with two attached hydrogens (primary N) is 1. The second-order valence-electron chi connectivity index (χ2n) is 4.34. The van der Waals surface area contributed by atoms with E-state index in [1.807, 2.05) is 52.0 Å². The molecule has 21 heavy (non-hydrogen) atoms. The van der Waals surface area contributed by atoms with Gasteiger partial charge in [-0.2, -0.15) is 0 Å². The monoisotopic (exact) mass is 287 g/mol. The lowest BCUT2D eigenvalue weighted by Crippen LogP contribution is -2.10. The van der Waals surface area contributed by atoms with Crippen molar-refractivity contribution in [1.82, 2.24) is 0 Å². The summed E-state index contributed by atoms with van der Waals surface area (Å²) in [6, 6.07) is 16.5. The molecule has 2 aromatic rings. The summed E-state index contributed by atoms with van der Waals surface area (Å²) < 4.78 is 0. The van der Waals surface area contributed by atoms with Gasteiger partial charge >= 0.3 is 0 Å². The molecule has 0 aliphatic heterocycles. The first-order chi connectivity index (χ1) is 10.2. The van der Waals surface area contributed by atoms with Crippen molar-refractivity contribution in [1.29, 1.82) is 0 Å². The summed E-state index contributed by atoms with van der Waals surface area (Å²) in [5, 5.41) is 0. The summed E-state index contributed by atoms with van der Waals surface area (Å²) in [4.78, 5) is 5.10. The van der Waals surface area contributed by atoms with E-state index < -0.39 is 0 Å². The first-order valence-corrected chi connectivity index (χ1v) is 7.69. The zero-order chi connectivity index (χ0) is 16.3. The lowest BCUT2D eigenvalue weighted by molar-refractivity contribution is 0.0813. The molecule has 0 saturated heterocycles. The van der Waals surface area contributed by atoms with E-state index in [9.17, 15) is 0 Å². The number of hydrogen-bond acceptors (Lipinski definition) is 2. The molecule has 0 heterocycles. The van der Waals surface area contributed by atoms with Crippen molar-refractivity contribution in [3.8, 4) is 0 Å². The van der Waals surface area contributed by atoms with E-state index in [1.54, 1.807) is 0 Å². The molecule has 0 bridgehead atoms. The summed E-state index contributed by atoms with van der Waals surface area (Å²) in [5.74, 6) is 5.41. The van der Waals surface area contributed by atoms with Crippen LogP contribution in [0.15, 0.2) is 48.5 Å². The van der Waals surface area contributed by atoms with Gasteiger partial charge in [-0.15, -0.1) is 0 Å². The Kier molecular flexibility index (Phi) is 10.2. The Morgan fingerprint density at radius 1 is 0.667 bits per heavy atom. The van der Waals surface area contributed by atoms with Crippen LogP contribution in [0.2, 0.25) is 0 Å². The van der Waals surface area contributed by atoms with Gasteiger partial charge in [-0.3, -0.25) is 4.84 Å². The highest BCUT2D eigenvalue weighted by Crippen LogP contribution is 2.24. The third-order valence-electron chi connectivity index (χ3n) is 2.90. The molecule has 0 fully saturated rings. The normalized spacial score (nSPS) is 9.33. The van der Waals surface area contributed by atoms with Crippen LogP contribution < -0.4 is 5.90 Å². The second-order valence-corrected chi connectivity index (χ2v) is 4.34. The Labute approximate surface area is 129 Å². The average Bonchev–Trinajstić information content (AvgIpc) is 2.55. The van der Waals surface area contributed by atoms with Crippen LogP contribution in [0.3, 0.4) is 0 Å². The molecule has 2 aromatic carbocycles. The highest BCUT2D eigenvalue weighted by molar-refractivity contribution is 5.33. The van der Waals surface area contributed by atoms with Gasteiger partial charge in [0, 0.05) is 0 Å².